The minimum atomic E-state index is -3.91. The third-order valence-corrected chi connectivity index (χ3v) is 5.05. The predicted molar refractivity (Wildman–Crippen MR) is 74.5 cm³/mol. The average Bonchev–Trinajstić information content (AvgIpc) is 2.30. The van der Waals surface area contributed by atoms with Crippen LogP contribution in [-0.4, -0.2) is 25.2 Å². The lowest BCUT2D eigenvalue weighted by Gasteiger charge is -2.12. The van der Waals surface area contributed by atoms with Crippen molar-refractivity contribution >= 4 is 27.4 Å². The van der Waals surface area contributed by atoms with Crippen molar-refractivity contribution in [3.63, 3.8) is 0 Å². The van der Waals surface area contributed by atoms with Crippen LogP contribution in [0.25, 0.3) is 0 Å². The molecule has 0 saturated heterocycles. The van der Waals surface area contributed by atoms with Gasteiger partial charge in [0.15, 0.2) is 15.7 Å². The Morgan fingerprint density at radius 1 is 1.45 bits per heavy atom. The quantitative estimate of drug-likeness (QED) is 0.871. The summed E-state index contributed by atoms with van der Waals surface area (Å²) in [5, 5.41) is 8.73. The van der Waals surface area contributed by atoms with Crippen molar-refractivity contribution in [2.24, 2.45) is 5.92 Å². The molecule has 1 atom stereocenters. The molecule has 0 aliphatic rings. The van der Waals surface area contributed by atoms with Crippen molar-refractivity contribution in [1.82, 2.24) is 0 Å². The first-order valence-corrected chi connectivity index (χ1v) is 8.17. The molecule has 0 spiro atoms. The Bertz CT molecular complexity index is 613. The normalized spacial score (nSPS) is 13.2. The Morgan fingerprint density at radius 3 is 2.55 bits per heavy atom. The van der Waals surface area contributed by atoms with E-state index in [0.29, 0.717) is 6.42 Å². The number of aromatic carboxylic acids is 1. The zero-order valence-corrected chi connectivity index (χ0v) is 12.8. The molecule has 1 unspecified atom stereocenters. The van der Waals surface area contributed by atoms with Crippen molar-refractivity contribution in [3.05, 3.63) is 28.5 Å². The largest absolute Gasteiger partial charge is 0.478 e. The van der Waals surface area contributed by atoms with E-state index in [9.17, 15) is 17.6 Å². The van der Waals surface area contributed by atoms with Crippen LogP contribution in [0.4, 0.5) is 4.39 Å². The van der Waals surface area contributed by atoms with E-state index in [0.717, 1.165) is 18.6 Å². The summed E-state index contributed by atoms with van der Waals surface area (Å²) in [7, 11) is -3.91. The second-order valence-electron chi connectivity index (χ2n) is 4.75. The van der Waals surface area contributed by atoms with Crippen LogP contribution in [0, 0.1) is 11.7 Å². The van der Waals surface area contributed by atoms with Gasteiger partial charge >= 0.3 is 5.97 Å². The molecule has 0 bridgehead atoms. The third kappa shape index (κ3) is 3.93. The second-order valence-corrected chi connectivity index (χ2v) is 7.18. The highest BCUT2D eigenvalue weighted by Gasteiger charge is 2.26. The summed E-state index contributed by atoms with van der Waals surface area (Å²) in [5.41, 5.74) is -0.737. The van der Waals surface area contributed by atoms with Crippen LogP contribution in [-0.2, 0) is 9.84 Å². The molecule has 0 saturated carbocycles. The predicted octanol–water partition coefficient (Wildman–Crippen LogP) is 3.39. The van der Waals surface area contributed by atoms with Crippen molar-refractivity contribution in [2.75, 3.05) is 5.75 Å². The van der Waals surface area contributed by atoms with Gasteiger partial charge in [-0.1, -0.05) is 31.9 Å². The lowest BCUT2D eigenvalue weighted by molar-refractivity contribution is 0.0691. The standard InChI is InChI=1S/C13H16ClFO4S/c1-3-4-8(2)7-20(18,19)11-6-9(14)5-10(12(11)15)13(16)17/h5-6,8H,3-4,7H2,1-2H3,(H,16,17). The highest BCUT2D eigenvalue weighted by molar-refractivity contribution is 7.91. The fourth-order valence-corrected chi connectivity index (χ4v) is 4.05. The van der Waals surface area contributed by atoms with Gasteiger partial charge in [-0.05, 0) is 24.5 Å². The van der Waals surface area contributed by atoms with Crippen LogP contribution in [0.2, 0.25) is 5.02 Å². The number of carboxylic acid groups (broad SMARTS) is 1. The summed E-state index contributed by atoms with van der Waals surface area (Å²) in [6.07, 6.45) is 1.50. The number of hydrogen-bond donors (Lipinski definition) is 1. The van der Waals surface area contributed by atoms with E-state index in [2.05, 4.69) is 0 Å². The number of sulfone groups is 1. The van der Waals surface area contributed by atoms with Crippen LogP contribution >= 0.6 is 11.6 Å². The highest BCUT2D eigenvalue weighted by Crippen LogP contribution is 2.26. The number of hydrogen-bond acceptors (Lipinski definition) is 3. The zero-order valence-electron chi connectivity index (χ0n) is 11.2. The first kappa shape index (κ1) is 16.9. The Balaban J connectivity index is 3.28. The fraction of sp³-hybridized carbons (Fsp3) is 0.462. The molecule has 112 valence electrons. The van der Waals surface area contributed by atoms with Crippen LogP contribution in [0.1, 0.15) is 37.0 Å². The van der Waals surface area contributed by atoms with Gasteiger partial charge in [-0.3, -0.25) is 0 Å². The van der Waals surface area contributed by atoms with Gasteiger partial charge in [0.05, 0.1) is 11.3 Å². The van der Waals surface area contributed by atoms with Gasteiger partial charge in [0.25, 0.3) is 0 Å². The van der Waals surface area contributed by atoms with E-state index in [4.69, 9.17) is 16.7 Å². The van der Waals surface area contributed by atoms with Gasteiger partial charge in [-0.2, -0.15) is 0 Å². The Labute approximate surface area is 122 Å². The van der Waals surface area contributed by atoms with E-state index in [1.807, 2.05) is 6.92 Å². The summed E-state index contributed by atoms with van der Waals surface area (Å²) in [6.45, 7) is 3.67. The molecule has 7 heteroatoms. The molecule has 1 aromatic carbocycles. The van der Waals surface area contributed by atoms with E-state index >= 15 is 0 Å². The van der Waals surface area contributed by atoms with Gasteiger partial charge in [-0.25, -0.2) is 17.6 Å². The van der Waals surface area contributed by atoms with Crippen molar-refractivity contribution in [2.45, 2.75) is 31.6 Å². The summed E-state index contributed by atoms with van der Waals surface area (Å²) < 4.78 is 38.4. The molecule has 1 aromatic rings. The molecule has 1 rings (SSSR count). The summed E-state index contributed by atoms with van der Waals surface area (Å²) in [6, 6.07) is 1.85. The van der Waals surface area contributed by atoms with Crippen molar-refractivity contribution < 1.29 is 22.7 Å². The molecule has 0 aliphatic heterocycles. The summed E-state index contributed by atoms with van der Waals surface area (Å²) >= 11 is 5.68. The van der Waals surface area contributed by atoms with Crippen LogP contribution in [0.5, 0.6) is 0 Å². The molecular formula is C13H16ClFO4S. The van der Waals surface area contributed by atoms with Gasteiger partial charge in [0.1, 0.15) is 4.90 Å². The van der Waals surface area contributed by atoms with Gasteiger partial charge in [-0.15, -0.1) is 0 Å². The second kappa shape index (κ2) is 6.54. The fourth-order valence-electron chi connectivity index (χ4n) is 1.99. The highest BCUT2D eigenvalue weighted by atomic mass is 35.5. The Kier molecular flexibility index (Phi) is 5.53. The molecule has 0 aromatic heterocycles. The van der Waals surface area contributed by atoms with Crippen LogP contribution in [0.3, 0.4) is 0 Å². The maximum absolute atomic E-state index is 14.0. The molecule has 20 heavy (non-hydrogen) atoms. The summed E-state index contributed by atoms with van der Waals surface area (Å²) in [4.78, 5) is 10.2. The van der Waals surface area contributed by atoms with Gasteiger partial charge in [0, 0.05) is 5.02 Å². The Hall–Kier alpha value is -1.14. The lowest BCUT2D eigenvalue weighted by Crippen LogP contribution is -2.17. The SMILES string of the molecule is CCCC(C)CS(=O)(=O)c1cc(Cl)cc(C(=O)O)c1F. The molecule has 0 amide bonds. The number of carbonyl (C=O) groups is 1. The minimum absolute atomic E-state index is 0.120. The third-order valence-electron chi connectivity index (χ3n) is 2.85. The van der Waals surface area contributed by atoms with E-state index in [-0.39, 0.29) is 16.7 Å². The average molecular weight is 323 g/mol. The molecule has 1 N–H and O–H groups in total. The smallest absolute Gasteiger partial charge is 0.338 e. The van der Waals surface area contributed by atoms with Gasteiger partial charge < -0.3 is 5.11 Å². The maximum Gasteiger partial charge on any atom is 0.338 e. The van der Waals surface area contributed by atoms with Crippen LogP contribution in [0.15, 0.2) is 17.0 Å². The first-order valence-electron chi connectivity index (χ1n) is 6.14. The van der Waals surface area contributed by atoms with Gasteiger partial charge in [0.2, 0.25) is 0 Å². The number of rotatable bonds is 6. The molecular weight excluding hydrogens is 307 g/mol. The monoisotopic (exact) mass is 322 g/mol. The van der Waals surface area contributed by atoms with E-state index in [1.165, 1.54) is 0 Å². The topological polar surface area (TPSA) is 71.4 Å². The maximum atomic E-state index is 14.0. The molecule has 4 nitrogen and oxygen atoms in total. The van der Waals surface area contributed by atoms with Crippen LogP contribution < -0.4 is 0 Å². The van der Waals surface area contributed by atoms with E-state index < -0.39 is 32.1 Å². The minimum Gasteiger partial charge on any atom is -0.478 e. The van der Waals surface area contributed by atoms with Crippen molar-refractivity contribution in [1.29, 1.82) is 0 Å². The molecule has 0 aliphatic carbocycles. The molecule has 0 heterocycles. The number of halogens is 2. The Morgan fingerprint density at radius 2 is 2.05 bits per heavy atom. The zero-order chi connectivity index (χ0) is 15.5. The van der Waals surface area contributed by atoms with E-state index in [1.54, 1.807) is 6.92 Å². The van der Waals surface area contributed by atoms with Crippen molar-refractivity contribution in [3.8, 4) is 0 Å². The summed E-state index contributed by atoms with van der Waals surface area (Å²) in [5.74, 6) is -3.19. The molecule has 0 fully saturated rings. The number of carboxylic acids is 1. The first-order chi connectivity index (χ1) is 9.19. The lowest BCUT2D eigenvalue weighted by atomic mass is 10.1. The number of benzene rings is 1. The molecule has 0 radical (unpaired) electrons.